The van der Waals surface area contributed by atoms with E-state index in [1.54, 1.807) is 0 Å². The fourth-order valence-corrected chi connectivity index (χ4v) is 6.12. The summed E-state index contributed by atoms with van der Waals surface area (Å²) in [4.78, 5) is 21.1. The van der Waals surface area contributed by atoms with E-state index in [1.165, 1.54) is 18.5 Å². The molecule has 1 aliphatic carbocycles. The van der Waals surface area contributed by atoms with Crippen molar-refractivity contribution in [2.75, 3.05) is 67.5 Å². The summed E-state index contributed by atoms with van der Waals surface area (Å²) < 4.78 is 5.96. The van der Waals surface area contributed by atoms with Gasteiger partial charge in [-0.3, -0.25) is 4.79 Å². The lowest BCUT2D eigenvalue weighted by Gasteiger charge is -2.37. The zero-order chi connectivity index (χ0) is 24.8. The maximum atomic E-state index is 13.8. The Hall–Kier alpha value is -3.84. The number of piperazine rings is 1. The van der Waals surface area contributed by atoms with Crippen LogP contribution >= 0.6 is 0 Å². The maximum absolute atomic E-state index is 13.8. The lowest BCUT2D eigenvalue weighted by atomic mass is 9.86. The highest BCUT2D eigenvalue weighted by atomic mass is 16.5. The van der Waals surface area contributed by atoms with Gasteiger partial charge in [0.15, 0.2) is 11.5 Å². The van der Waals surface area contributed by atoms with E-state index >= 15 is 0 Å². The standard InChI is InChI=1S/C30H31N5O2/c36-29-22-10-4-5-11-23(22)30-27-26(29)24(31-12-15-33-13-6-7-14-33)20-25(28(27)32-37-30)35-18-16-34(17-19-35)21-8-2-1-3-9-21/h1-5,8-11,20,31H,6-7,12-19H2. The highest BCUT2D eigenvalue weighted by molar-refractivity contribution is 6.28. The van der Waals surface area contributed by atoms with E-state index in [2.05, 4.69) is 61.6 Å². The molecule has 7 nitrogen and oxygen atoms in total. The monoisotopic (exact) mass is 493 g/mol. The number of nitrogens with one attached hydrogen (secondary N) is 1. The van der Waals surface area contributed by atoms with Gasteiger partial charge >= 0.3 is 0 Å². The molecular weight excluding hydrogens is 462 g/mol. The van der Waals surface area contributed by atoms with Crippen LogP contribution in [0.5, 0.6) is 0 Å². The minimum absolute atomic E-state index is 0.0421. The van der Waals surface area contributed by atoms with Crippen molar-refractivity contribution in [3.63, 3.8) is 0 Å². The summed E-state index contributed by atoms with van der Waals surface area (Å²) in [6.45, 7) is 7.71. The number of benzene rings is 3. The lowest BCUT2D eigenvalue weighted by molar-refractivity contribution is 0.104. The number of anilines is 3. The first-order valence-electron chi connectivity index (χ1n) is 13.4. The summed E-state index contributed by atoms with van der Waals surface area (Å²) in [6.07, 6.45) is 2.55. The van der Waals surface area contributed by atoms with E-state index in [4.69, 9.17) is 4.52 Å². The molecule has 2 aliphatic heterocycles. The summed E-state index contributed by atoms with van der Waals surface area (Å²) in [7, 11) is 0. The van der Waals surface area contributed by atoms with E-state index in [0.29, 0.717) is 16.9 Å². The Kier molecular flexibility index (Phi) is 5.58. The molecule has 0 unspecified atom stereocenters. The third-order valence-electron chi connectivity index (χ3n) is 8.06. The maximum Gasteiger partial charge on any atom is 0.196 e. The number of para-hydroxylation sites is 1. The molecule has 2 fully saturated rings. The smallest absolute Gasteiger partial charge is 0.196 e. The predicted octanol–water partition coefficient (Wildman–Crippen LogP) is 4.87. The SMILES string of the molecule is O=C1c2ccccc2-c2onc3c(N4CCN(c5ccccc5)CC4)cc(NCCN4CCCC4)c1c23. The minimum atomic E-state index is 0.0421. The fourth-order valence-electron chi connectivity index (χ4n) is 6.12. The third-order valence-corrected chi connectivity index (χ3v) is 8.06. The van der Waals surface area contributed by atoms with Crippen LogP contribution in [0, 0.1) is 0 Å². The van der Waals surface area contributed by atoms with E-state index in [1.807, 2.05) is 24.3 Å². The second-order valence-electron chi connectivity index (χ2n) is 10.2. The molecule has 0 bridgehead atoms. The van der Waals surface area contributed by atoms with Gasteiger partial charge in [0.05, 0.1) is 16.6 Å². The molecule has 3 heterocycles. The average Bonchev–Trinajstić information content (AvgIpc) is 3.63. The topological polar surface area (TPSA) is 64.9 Å². The molecule has 1 aromatic heterocycles. The van der Waals surface area contributed by atoms with Crippen LogP contribution in [0.15, 0.2) is 65.2 Å². The first kappa shape index (κ1) is 22.4. The Morgan fingerprint density at radius 3 is 2.32 bits per heavy atom. The predicted molar refractivity (Wildman–Crippen MR) is 148 cm³/mol. The first-order valence-corrected chi connectivity index (χ1v) is 13.4. The second-order valence-corrected chi connectivity index (χ2v) is 10.2. The van der Waals surface area contributed by atoms with Crippen LogP contribution in [0.4, 0.5) is 17.1 Å². The Morgan fingerprint density at radius 1 is 0.838 bits per heavy atom. The molecule has 0 saturated carbocycles. The van der Waals surface area contributed by atoms with Crippen LogP contribution in [0.25, 0.3) is 22.2 Å². The molecule has 3 aliphatic rings. The van der Waals surface area contributed by atoms with Gasteiger partial charge in [0, 0.05) is 61.8 Å². The largest absolute Gasteiger partial charge is 0.383 e. The van der Waals surface area contributed by atoms with Crippen LogP contribution in [0.1, 0.15) is 28.8 Å². The van der Waals surface area contributed by atoms with Crippen molar-refractivity contribution in [1.82, 2.24) is 10.1 Å². The van der Waals surface area contributed by atoms with Crippen molar-refractivity contribution >= 4 is 33.7 Å². The average molecular weight is 494 g/mol. The summed E-state index contributed by atoms with van der Waals surface area (Å²) >= 11 is 0. The highest BCUT2D eigenvalue weighted by Crippen LogP contribution is 2.46. The molecule has 0 atom stereocenters. The molecule has 188 valence electrons. The first-order chi connectivity index (χ1) is 18.3. The molecule has 4 aromatic rings. The van der Waals surface area contributed by atoms with Crippen molar-refractivity contribution in [2.45, 2.75) is 12.8 Å². The molecule has 2 saturated heterocycles. The van der Waals surface area contributed by atoms with E-state index < -0.39 is 0 Å². The lowest BCUT2D eigenvalue weighted by Crippen LogP contribution is -2.46. The van der Waals surface area contributed by atoms with Crippen molar-refractivity contribution < 1.29 is 9.32 Å². The molecule has 37 heavy (non-hydrogen) atoms. The zero-order valence-corrected chi connectivity index (χ0v) is 20.9. The van der Waals surface area contributed by atoms with Crippen molar-refractivity contribution in [2.24, 2.45) is 0 Å². The van der Waals surface area contributed by atoms with Gasteiger partial charge in [0.2, 0.25) is 0 Å². The molecule has 0 radical (unpaired) electrons. The number of ketones is 1. The van der Waals surface area contributed by atoms with Crippen molar-refractivity contribution in [3.8, 4) is 11.3 Å². The molecule has 3 aromatic carbocycles. The number of aromatic nitrogens is 1. The number of nitrogens with zero attached hydrogens (tertiary/aromatic N) is 4. The van der Waals surface area contributed by atoms with E-state index in [9.17, 15) is 4.79 Å². The number of hydrogen-bond acceptors (Lipinski definition) is 7. The van der Waals surface area contributed by atoms with Crippen molar-refractivity contribution in [3.05, 3.63) is 71.8 Å². The van der Waals surface area contributed by atoms with Crippen molar-refractivity contribution in [1.29, 1.82) is 0 Å². The van der Waals surface area contributed by atoms with E-state index in [0.717, 1.165) is 80.2 Å². The summed E-state index contributed by atoms with van der Waals surface area (Å²) in [6, 6.07) is 20.4. The molecule has 0 amide bonds. The van der Waals surface area contributed by atoms with Crippen LogP contribution < -0.4 is 15.1 Å². The van der Waals surface area contributed by atoms with Crippen LogP contribution in [-0.4, -0.2) is 68.2 Å². The molecule has 7 heteroatoms. The Bertz CT molecular complexity index is 1450. The Morgan fingerprint density at radius 2 is 1.54 bits per heavy atom. The van der Waals surface area contributed by atoms with Gasteiger partial charge < -0.3 is 24.5 Å². The van der Waals surface area contributed by atoms with Gasteiger partial charge in [-0.1, -0.05) is 47.6 Å². The van der Waals surface area contributed by atoms with Gasteiger partial charge in [-0.05, 0) is 44.1 Å². The van der Waals surface area contributed by atoms with Gasteiger partial charge in [0.1, 0.15) is 5.52 Å². The Balaban J connectivity index is 1.26. The number of likely N-dealkylation sites (tertiary alicyclic amines) is 1. The van der Waals surface area contributed by atoms with Gasteiger partial charge in [-0.15, -0.1) is 0 Å². The van der Waals surface area contributed by atoms with Gasteiger partial charge in [0.25, 0.3) is 0 Å². The summed E-state index contributed by atoms with van der Waals surface area (Å²) in [5.74, 6) is 0.744. The number of carbonyl (C=O) groups is 1. The van der Waals surface area contributed by atoms with Crippen LogP contribution in [0.2, 0.25) is 0 Å². The molecular formula is C30H31N5O2. The minimum Gasteiger partial charge on any atom is -0.383 e. The normalized spacial score (nSPS) is 17.5. The van der Waals surface area contributed by atoms with Gasteiger partial charge in [-0.2, -0.15) is 0 Å². The quantitative estimate of drug-likeness (QED) is 0.362. The van der Waals surface area contributed by atoms with Crippen LogP contribution in [-0.2, 0) is 0 Å². The van der Waals surface area contributed by atoms with Crippen LogP contribution in [0.3, 0.4) is 0 Å². The Labute approximate surface area is 216 Å². The fraction of sp³-hybridized carbons (Fsp3) is 0.333. The number of carbonyl (C=O) groups excluding carboxylic acids is 1. The van der Waals surface area contributed by atoms with Gasteiger partial charge in [-0.25, -0.2) is 0 Å². The number of rotatable bonds is 6. The highest BCUT2D eigenvalue weighted by Gasteiger charge is 2.34. The van der Waals surface area contributed by atoms with E-state index in [-0.39, 0.29) is 5.78 Å². The molecule has 7 rings (SSSR count). The molecule has 1 N–H and O–H groups in total. The second kappa shape index (κ2) is 9.23. The summed E-state index contributed by atoms with van der Waals surface area (Å²) in [5, 5.41) is 9.03. The number of fused-ring (bicyclic) bond motifs is 2. The zero-order valence-electron chi connectivity index (χ0n) is 20.9. The summed E-state index contributed by atoms with van der Waals surface area (Å²) in [5.41, 5.74) is 6.17. The molecule has 0 spiro atoms. The number of hydrogen-bond donors (Lipinski definition) is 1. The third kappa shape index (κ3) is 3.85.